The zero-order chi connectivity index (χ0) is 14.2. The zero-order valence-corrected chi connectivity index (χ0v) is 12.4. The van der Waals surface area contributed by atoms with Gasteiger partial charge in [-0.1, -0.05) is 23.5 Å². The third-order valence-corrected chi connectivity index (χ3v) is 4.42. The molecule has 0 saturated carbocycles. The van der Waals surface area contributed by atoms with Gasteiger partial charge in [-0.15, -0.1) is 0 Å². The molecule has 106 valence electrons. The fraction of sp³-hybridized carbons (Fsp3) is 0.188. The molecule has 0 radical (unpaired) electrons. The second-order valence-corrected chi connectivity index (χ2v) is 6.06. The lowest BCUT2D eigenvalue weighted by Gasteiger charge is -2.04. The van der Waals surface area contributed by atoms with Crippen LogP contribution in [-0.4, -0.2) is 11.8 Å². The molecule has 0 fully saturated rings. The minimum absolute atomic E-state index is 0.309. The van der Waals surface area contributed by atoms with Gasteiger partial charge < -0.3 is 14.8 Å². The van der Waals surface area contributed by atoms with Crippen LogP contribution in [0, 0.1) is 6.92 Å². The summed E-state index contributed by atoms with van der Waals surface area (Å²) < 4.78 is 11.9. The Kier molecular flexibility index (Phi) is 2.93. The van der Waals surface area contributed by atoms with Gasteiger partial charge in [0.2, 0.25) is 6.79 Å². The molecule has 0 unspecified atom stereocenters. The summed E-state index contributed by atoms with van der Waals surface area (Å²) in [5.41, 5.74) is 3.43. The van der Waals surface area contributed by atoms with Gasteiger partial charge in [-0.25, -0.2) is 4.98 Å². The molecule has 0 amide bonds. The SMILES string of the molecule is Cc1ccc2sc(NCc3ccc4c(c3)OCO4)nc2c1. The van der Waals surface area contributed by atoms with E-state index in [-0.39, 0.29) is 0 Å². The molecule has 4 rings (SSSR count). The van der Waals surface area contributed by atoms with E-state index in [0.717, 1.165) is 34.3 Å². The summed E-state index contributed by atoms with van der Waals surface area (Å²) in [6.07, 6.45) is 0. The van der Waals surface area contributed by atoms with Gasteiger partial charge in [0.25, 0.3) is 0 Å². The Morgan fingerprint density at radius 1 is 1.14 bits per heavy atom. The topological polar surface area (TPSA) is 43.4 Å². The molecule has 5 heteroatoms. The molecule has 1 aromatic heterocycles. The number of hydrogen-bond donors (Lipinski definition) is 1. The summed E-state index contributed by atoms with van der Waals surface area (Å²) >= 11 is 1.67. The van der Waals surface area contributed by atoms with Crippen LogP contribution in [0.25, 0.3) is 10.2 Å². The van der Waals surface area contributed by atoms with Crippen molar-refractivity contribution < 1.29 is 9.47 Å². The highest BCUT2D eigenvalue weighted by Gasteiger charge is 2.13. The molecular weight excluding hydrogens is 284 g/mol. The van der Waals surface area contributed by atoms with Crippen molar-refractivity contribution in [3.63, 3.8) is 0 Å². The predicted molar refractivity (Wildman–Crippen MR) is 84.2 cm³/mol. The molecule has 2 heterocycles. The van der Waals surface area contributed by atoms with E-state index in [1.165, 1.54) is 10.3 Å². The standard InChI is InChI=1S/C16H14N2O2S/c1-10-2-5-15-12(6-10)18-16(21-15)17-8-11-3-4-13-14(7-11)20-9-19-13/h2-7H,8-9H2,1H3,(H,17,18). The zero-order valence-electron chi connectivity index (χ0n) is 11.6. The van der Waals surface area contributed by atoms with Crippen LogP contribution < -0.4 is 14.8 Å². The summed E-state index contributed by atoms with van der Waals surface area (Å²) in [7, 11) is 0. The summed E-state index contributed by atoms with van der Waals surface area (Å²) in [6, 6.07) is 12.3. The summed E-state index contributed by atoms with van der Waals surface area (Å²) in [6.45, 7) is 3.11. The lowest BCUT2D eigenvalue weighted by atomic mass is 10.2. The average Bonchev–Trinajstić information content (AvgIpc) is 3.09. The van der Waals surface area contributed by atoms with Gasteiger partial charge in [0.15, 0.2) is 16.6 Å². The van der Waals surface area contributed by atoms with Gasteiger partial charge in [-0.3, -0.25) is 0 Å². The van der Waals surface area contributed by atoms with Gasteiger partial charge in [-0.2, -0.15) is 0 Å². The molecule has 0 aliphatic carbocycles. The number of benzene rings is 2. The lowest BCUT2D eigenvalue weighted by molar-refractivity contribution is 0.174. The van der Waals surface area contributed by atoms with Crippen molar-refractivity contribution in [1.82, 2.24) is 4.98 Å². The minimum atomic E-state index is 0.309. The molecule has 1 N–H and O–H groups in total. The number of aromatic nitrogens is 1. The highest BCUT2D eigenvalue weighted by atomic mass is 32.1. The first-order chi connectivity index (χ1) is 10.3. The van der Waals surface area contributed by atoms with Gasteiger partial charge in [0.1, 0.15) is 0 Å². The average molecular weight is 298 g/mol. The molecule has 21 heavy (non-hydrogen) atoms. The van der Waals surface area contributed by atoms with E-state index >= 15 is 0 Å². The number of hydrogen-bond acceptors (Lipinski definition) is 5. The number of aryl methyl sites for hydroxylation is 1. The first kappa shape index (κ1) is 12.5. The largest absolute Gasteiger partial charge is 0.454 e. The van der Waals surface area contributed by atoms with Crippen molar-refractivity contribution in [2.75, 3.05) is 12.1 Å². The Hall–Kier alpha value is -2.27. The van der Waals surface area contributed by atoms with Gasteiger partial charge >= 0.3 is 0 Å². The number of nitrogens with one attached hydrogen (secondary N) is 1. The fourth-order valence-corrected chi connectivity index (χ4v) is 3.18. The van der Waals surface area contributed by atoms with Crippen molar-refractivity contribution in [3.8, 4) is 11.5 Å². The van der Waals surface area contributed by atoms with Crippen molar-refractivity contribution >= 4 is 26.7 Å². The number of rotatable bonds is 3. The first-order valence-corrected chi connectivity index (χ1v) is 7.59. The number of fused-ring (bicyclic) bond motifs is 2. The van der Waals surface area contributed by atoms with Gasteiger partial charge in [0.05, 0.1) is 10.2 Å². The quantitative estimate of drug-likeness (QED) is 0.795. The van der Waals surface area contributed by atoms with Crippen LogP contribution in [0.3, 0.4) is 0 Å². The fourth-order valence-electron chi connectivity index (χ4n) is 2.34. The van der Waals surface area contributed by atoms with Gasteiger partial charge in [-0.05, 0) is 42.3 Å². The molecule has 0 bridgehead atoms. The van der Waals surface area contributed by atoms with E-state index in [4.69, 9.17) is 9.47 Å². The van der Waals surface area contributed by atoms with E-state index in [1.807, 2.05) is 18.2 Å². The highest BCUT2D eigenvalue weighted by molar-refractivity contribution is 7.22. The smallest absolute Gasteiger partial charge is 0.231 e. The second kappa shape index (κ2) is 4.93. The minimum Gasteiger partial charge on any atom is -0.454 e. The first-order valence-electron chi connectivity index (χ1n) is 6.77. The molecule has 4 nitrogen and oxygen atoms in total. The Morgan fingerprint density at radius 3 is 3.00 bits per heavy atom. The monoisotopic (exact) mass is 298 g/mol. The lowest BCUT2D eigenvalue weighted by Crippen LogP contribution is -1.98. The molecule has 1 aliphatic rings. The van der Waals surface area contributed by atoms with Crippen molar-refractivity contribution in [1.29, 1.82) is 0 Å². The maximum atomic E-state index is 5.39. The highest BCUT2D eigenvalue weighted by Crippen LogP contribution is 2.33. The molecule has 2 aromatic carbocycles. The van der Waals surface area contributed by atoms with Crippen LogP contribution in [-0.2, 0) is 6.54 Å². The van der Waals surface area contributed by atoms with E-state index in [9.17, 15) is 0 Å². The second-order valence-electron chi connectivity index (χ2n) is 5.03. The molecule has 3 aromatic rings. The maximum Gasteiger partial charge on any atom is 0.231 e. The predicted octanol–water partition coefficient (Wildman–Crippen LogP) is 3.95. The summed E-state index contributed by atoms with van der Waals surface area (Å²) in [4.78, 5) is 4.61. The van der Waals surface area contributed by atoms with E-state index in [1.54, 1.807) is 11.3 Å². The molecule has 0 atom stereocenters. The van der Waals surface area contributed by atoms with Crippen LogP contribution in [0.2, 0.25) is 0 Å². The summed E-state index contributed by atoms with van der Waals surface area (Å²) in [5.74, 6) is 1.63. The Labute approximate surface area is 126 Å². The Balaban J connectivity index is 1.52. The molecule has 0 saturated heterocycles. The molecule has 0 spiro atoms. The van der Waals surface area contributed by atoms with Crippen LogP contribution >= 0.6 is 11.3 Å². The van der Waals surface area contributed by atoms with Crippen LogP contribution in [0.4, 0.5) is 5.13 Å². The van der Waals surface area contributed by atoms with E-state index < -0.39 is 0 Å². The number of anilines is 1. The third-order valence-electron chi connectivity index (χ3n) is 3.42. The van der Waals surface area contributed by atoms with Crippen molar-refractivity contribution in [3.05, 3.63) is 47.5 Å². The Bertz CT molecular complexity index is 813. The Morgan fingerprint density at radius 2 is 2.05 bits per heavy atom. The number of nitrogens with zero attached hydrogens (tertiary/aromatic N) is 1. The molecular formula is C16H14N2O2S. The van der Waals surface area contributed by atoms with Crippen LogP contribution in [0.5, 0.6) is 11.5 Å². The van der Waals surface area contributed by atoms with Crippen molar-refractivity contribution in [2.24, 2.45) is 0 Å². The normalized spacial score (nSPS) is 12.8. The van der Waals surface area contributed by atoms with E-state index in [0.29, 0.717) is 6.79 Å². The van der Waals surface area contributed by atoms with Crippen molar-refractivity contribution in [2.45, 2.75) is 13.5 Å². The van der Waals surface area contributed by atoms with Gasteiger partial charge in [0, 0.05) is 6.54 Å². The van der Waals surface area contributed by atoms with E-state index in [2.05, 4.69) is 35.4 Å². The number of thiazole rings is 1. The maximum absolute atomic E-state index is 5.39. The molecule has 1 aliphatic heterocycles. The van der Waals surface area contributed by atoms with Crippen LogP contribution in [0.1, 0.15) is 11.1 Å². The number of ether oxygens (including phenoxy) is 2. The summed E-state index contributed by atoms with van der Waals surface area (Å²) in [5, 5.41) is 4.31. The third kappa shape index (κ3) is 2.40. The van der Waals surface area contributed by atoms with Crippen LogP contribution in [0.15, 0.2) is 36.4 Å².